The van der Waals surface area contributed by atoms with Gasteiger partial charge in [0.25, 0.3) is 5.91 Å². The molecule has 1 saturated carbocycles. The number of ether oxygens (including phenoxy) is 1. The lowest BCUT2D eigenvalue weighted by Gasteiger charge is -2.15. The van der Waals surface area contributed by atoms with Crippen LogP contribution in [0.3, 0.4) is 0 Å². The SMILES string of the molecule is CN(C)c1ccc(NC(=O)COC(=O)C2(c3ccccc3)CC2)cc1. The van der Waals surface area contributed by atoms with Crippen LogP contribution in [0.1, 0.15) is 18.4 Å². The van der Waals surface area contributed by atoms with Crippen LogP contribution < -0.4 is 10.2 Å². The molecule has 25 heavy (non-hydrogen) atoms. The second-order valence-electron chi connectivity index (χ2n) is 6.51. The van der Waals surface area contributed by atoms with Gasteiger partial charge in [-0.25, -0.2) is 0 Å². The van der Waals surface area contributed by atoms with Crippen molar-refractivity contribution in [1.82, 2.24) is 0 Å². The molecule has 0 unspecified atom stereocenters. The summed E-state index contributed by atoms with van der Waals surface area (Å²) in [5.74, 6) is -0.661. The van der Waals surface area contributed by atoms with E-state index in [1.54, 1.807) is 0 Å². The first-order valence-corrected chi connectivity index (χ1v) is 8.31. The number of anilines is 2. The largest absolute Gasteiger partial charge is 0.455 e. The third-order valence-electron chi connectivity index (χ3n) is 4.47. The molecule has 0 aromatic heterocycles. The molecule has 0 atom stereocenters. The molecule has 0 heterocycles. The van der Waals surface area contributed by atoms with Crippen molar-refractivity contribution in [3.8, 4) is 0 Å². The number of amides is 1. The molecule has 3 rings (SSSR count). The first kappa shape index (κ1) is 17.0. The summed E-state index contributed by atoms with van der Waals surface area (Å²) in [7, 11) is 3.90. The van der Waals surface area contributed by atoms with E-state index in [0.29, 0.717) is 5.69 Å². The van der Waals surface area contributed by atoms with Gasteiger partial charge in [-0.15, -0.1) is 0 Å². The molecular weight excluding hydrogens is 316 g/mol. The van der Waals surface area contributed by atoms with Crippen LogP contribution in [0.5, 0.6) is 0 Å². The fourth-order valence-corrected chi connectivity index (χ4v) is 2.80. The number of carbonyl (C=O) groups is 2. The molecule has 0 aliphatic heterocycles. The molecule has 1 amide bonds. The zero-order valence-corrected chi connectivity index (χ0v) is 14.5. The van der Waals surface area contributed by atoms with Gasteiger partial charge >= 0.3 is 5.97 Å². The Hall–Kier alpha value is -2.82. The molecule has 5 heteroatoms. The van der Waals surface area contributed by atoms with Crippen molar-refractivity contribution >= 4 is 23.3 Å². The third-order valence-corrected chi connectivity index (χ3v) is 4.47. The van der Waals surface area contributed by atoms with Crippen LogP contribution >= 0.6 is 0 Å². The Balaban J connectivity index is 1.53. The standard InChI is InChI=1S/C20H22N2O3/c1-22(2)17-10-8-16(9-11-17)21-18(23)14-25-19(24)20(12-13-20)15-6-4-3-5-7-15/h3-11H,12-14H2,1-2H3,(H,21,23). The maximum atomic E-state index is 12.4. The van der Waals surface area contributed by atoms with Crippen molar-refractivity contribution in [2.24, 2.45) is 0 Å². The zero-order valence-electron chi connectivity index (χ0n) is 14.5. The maximum absolute atomic E-state index is 12.4. The fraction of sp³-hybridized carbons (Fsp3) is 0.300. The van der Waals surface area contributed by atoms with Crippen molar-refractivity contribution < 1.29 is 14.3 Å². The molecule has 2 aromatic carbocycles. The molecular formula is C20H22N2O3. The first-order valence-electron chi connectivity index (χ1n) is 8.31. The van der Waals surface area contributed by atoms with Gasteiger partial charge in [-0.2, -0.15) is 0 Å². The maximum Gasteiger partial charge on any atom is 0.317 e. The van der Waals surface area contributed by atoms with E-state index in [0.717, 1.165) is 24.1 Å². The summed E-state index contributed by atoms with van der Waals surface area (Å²) >= 11 is 0. The third kappa shape index (κ3) is 3.82. The van der Waals surface area contributed by atoms with E-state index >= 15 is 0 Å². The highest BCUT2D eigenvalue weighted by atomic mass is 16.5. The lowest BCUT2D eigenvalue weighted by Crippen LogP contribution is -2.28. The molecule has 1 aliphatic carbocycles. The van der Waals surface area contributed by atoms with Crippen LogP contribution in [0.2, 0.25) is 0 Å². The fourth-order valence-electron chi connectivity index (χ4n) is 2.80. The highest BCUT2D eigenvalue weighted by Crippen LogP contribution is 2.49. The number of hydrogen-bond donors (Lipinski definition) is 1. The molecule has 5 nitrogen and oxygen atoms in total. The minimum Gasteiger partial charge on any atom is -0.455 e. The predicted octanol–water partition coefficient (Wildman–Crippen LogP) is 2.97. The van der Waals surface area contributed by atoms with Gasteiger partial charge in [0.1, 0.15) is 0 Å². The van der Waals surface area contributed by atoms with Gasteiger partial charge in [0, 0.05) is 25.5 Å². The molecule has 1 N–H and O–H groups in total. The number of benzene rings is 2. The lowest BCUT2D eigenvalue weighted by atomic mass is 9.96. The highest BCUT2D eigenvalue weighted by Gasteiger charge is 2.52. The van der Waals surface area contributed by atoms with Crippen LogP contribution in [0.15, 0.2) is 54.6 Å². The van der Waals surface area contributed by atoms with E-state index in [4.69, 9.17) is 4.74 Å². The Labute approximate surface area is 147 Å². The average molecular weight is 338 g/mol. The smallest absolute Gasteiger partial charge is 0.317 e. The summed E-state index contributed by atoms with van der Waals surface area (Å²) in [4.78, 5) is 26.4. The van der Waals surface area contributed by atoms with E-state index < -0.39 is 5.41 Å². The molecule has 0 bridgehead atoms. The zero-order chi connectivity index (χ0) is 17.9. The van der Waals surface area contributed by atoms with Gasteiger partial charge in [-0.05, 0) is 42.7 Å². The monoisotopic (exact) mass is 338 g/mol. The number of rotatable bonds is 6. The van der Waals surface area contributed by atoms with Crippen LogP contribution in [0.4, 0.5) is 11.4 Å². The molecule has 0 radical (unpaired) electrons. The molecule has 0 spiro atoms. The summed E-state index contributed by atoms with van der Waals surface area (Å²) < 4.78 is 5.26. The number of hydrogen-bond acceptors (Lipinski definition) is 4. The van der Waals surface area contributed by atoms with E-state index in [-0.39, 0.29) is 18.5 Å². The van der Waals surface area contributed by atoms with E-state index in [9.17, 15) is 9.59 Å². The molecule has 2 aromatic rings. The van der Waals surface area contributed by atoms with Crippen LogP contribution in [0.25, 0.3) is 0 Å². The van der Waals surface area contributed by atoms with E-state index in [1.165, 1.54) is 0 Å². The van der Waals surface area contributed by atoms with Gasteiger partial charge < -0.3 is 15.0 Å². The second-order valence-corrected chi connectivity index (χ2v) is 6.51. The highest BCUT2D eigenvalue weighted by molar-refractivity contribution is 5.94. The van der Waals surface area contributed by atoms with Crippen molar-refractivity contribution in [2.45, 2.75) is 18.3 Å². The Morgan fingerprint density at radius 2 is 1.68 bits per heavy atom. The Morgan fingerprint density at radius 3 is 2.24 bits per heavy atom. The number of nitrogens with one attached hydrogen (secondary N) is 1. The molecule has 1 fully saturated rings. The normalized spacial score (nSPS) is 14.5. The van der Waals surface area contributed by atoms with E-state index in [1.807, 2.05) is 73.6 Å². The summed E-state index contributed by atoms with van der Waals surface area (Å²) in [6.45, 7) is -0.275. The van der Waals surface area contributed by atoms with Crippen molar-refractivity contribution in [2.75, 3.05) is 30.9 Å². The van der Waals surface area contributed by atoms with Crippen molar-refractivity contribution in [3.05, 3.63) is 60.2 Å². The number of esters is 1. The summed E-state index contributed by atoms with van der Waals surface area (Å²) in [6.07, 6.45) is 1.53. The number of carbonyl (C=O) groups excluding carboxylic acids is 2. The second kappa shape index (κ2) is 6.97. The summed E-state index contributed by atoms with van der Waals surface area (Å²) in [5, 5.41) is 2.74. The lowest BCUT2D eigenvalue weighted by molar-refractivity contribution is -0.150. The Kier molecular flexibility index (Phi) is 4.74. The first-order chi connectivity index (χ1) is 12.0. The van der Waals surface area contributed by atoms with Gasteiger partial charge in [0.15, 0.2) is 6.61 Å². The quantitative estimate of drug-likeness (QED) is 0.823. The topological polar surface area (TPSA) is 58.6 Å². The van der Waals surface area contributed by atoms with Crippen molar-refractivity contribution in [3.63, 3.8) is 0 Å². The Morgan fingerprint density at radius 1 is 1.04 bits per heavy atom. The van der Waals surface area contributed by atoms with Crippen molar-refractivity contribution in [1.29, 1.82) is 0 Å². The van der Waals surface area contributed by atoms with Gasteiger partial charge in [-0.3, -0.25) is 9.59 Å². The molecule has 130 valence electrons. The summed E-state index contributed by atoms with van der Waals surface area (Å²) in [6, 6.07) is 17.1. The predicted molar refractivity (Wildman–Crippen MR) is 97.7 cm³/mol. The number of nitrogens with zero attached hydrogens (tertiary/aromatic N) is 1. The molecule has 1 aliphatic rings. The van der Waals surface area contributed by atoms with Gasteiger partial charge in [-0.1, -0.05) is 30.3 Å². The van der Waals surface area contributed by atoms with Crippen LogP contribution in [-0.2, 0) is 19.7 Å². The Bertz CT molecular complexity index is 750. The van der Waals surface area contributed by atoms with Crippen LogP contribution in [0, 0.1) is 0 Å². The van der Waals surface area contributed by atoms with Gasteiger partial charge in [0.05, 0.1) is 5.41 Å². The minimum atomic E-state index is -0.561. The van der Waals surface area contributed by atoms with Crippen LogP contribution in [-0.4, -0.2) is 32.6 Å². The van der Waals surface area contributed by atoms with Gasteiger partial charge in [0.2, 0.25) is 0 Å². The molecule has 0 saturated heterocycles. The summed E-state index contributed by atoms with van der Waals surface area (Å²) in [5.41, 5.74) is 2.12. The average Bonchev–Trinajstić information content (AvgIpc) is 3.43. The van der Waals surface area contributed by atoms with E-state index in [2.05, 4.69) is 5.32 Å². The minimum absolute atomic E-state index is 0.275.